The fourth-order valence-corrected chi connectivity index (χ4v) is 1.94. The third-order valence-electron chi connectivity index (χ3n) is 2.64. The van der Waals surface area contributed by atoms with Crippen LogP contribution in [0.2, 0.25) is 0 Å². The Morgan fingerprint density at radius 1 is 1.54 bits per heavy atom. The monoisotopic (exact) mass is 175 g/mol. The van der Waals surface area contributed by atoms with Crippen LogP contribution in [0.4, 0.5) is 5.69 Å². The Labute approximate surface area is 78.2 Å². The van der Waals surface area contributed by atoms with Crippen molar-refractivity contribution in [2.45, 2.75) is 12.8 Å². The maximum Gasteiger partial charge on any atom is 0.129 e. The van der Waals surface area contributed by atoms with Gasteiger partial charge in [0.05, 0.1) is 5.92 Å². The lowest BCUT2D eigenvalue weighted by atomic mass is 10.0. The molecule has 0 N–H and O–H groups in total. The molecule has 1 heterocycles. The average molecular weight is 175 g/mol. The molecular weight excluding hydrogens is 162 g/mol. The van der Waals surface area contributed by atoms with E-state index in [0.29, 0.717) is 0 Å². The van der Waals surface area contributed by atoms with E-state index in [1.54, 1.807) is 0 Å². The Hall–Kier alpha value is -1.31. The number of likely N-dealkylation sites (N-methyl/N-ethyl adjacent to an activating group) is 1. The molecule has 0 saturated carbocycles. The van der Waals surface area contributed by atoms with Crippen LogP contribution in [-0.4, -0.2) is 19.4 Å². The minimum Gasteiger partial charge on any atom is -0.371 e. The molecular formula is C11H13NO. The van der Waals surface area contributed by atoms with E-state index in [1.165, 1.54) is 11.3 Å². The van der Waals surface area contributed by atoms with Gasteiger partial charge in [-0.15, -0.1) is 0 Å². The first-order chi connectivity index (χ1) is 6.36. The average Bonchev–Trinajstić information content (AvgIpc) is 2.56. The van der Waals surface area contributed by atoms with E-state index >= 15 is 0 Å². The Morgan fingerprint density at radius 3 is 3.00 bits per heavy atom. The highest BCUT2D eigenvalue weighted by atomic mass is 16.1. The standard InChI is InChI=1S/C11H13NO/c1-2-12-7-9(8-13)10-5-3-4-6-11(10)12/h3-6,8-9H,2,7H2,1H3/t9-/m0/s1. The van der Waals surface area contributed by atoms with Gasteiger partial charge in [0.2, 0.25) is 0 Å². The van der Waals surface area contributed by atoms with Crippen molar-refractivity contribution < 1.29 is 4.79 Å². The zero-order chi connectivity index (χ0) is 9.26. The predicted molar refractivity (Wildman–Crippen MR) is 53.1 cm³/mol. The second kappa shape index (κ2) is 3.21. The van der Waals surface area contributed by atoms with Crippen LogP contribution in [0, 0.1) is 0 Å². The summed E-state index contributed by atoms with van der Waals surface area (Å²) in [4.78, 5) is 13.0. The number of benzene rings is 1. The zero-order valence-electron chi connectivity index (χ0n) is 7.73. The fourth-order valence-electron chi connectivity index (χ4n) is 1.94. The lowest BCUT2D eigenvalue weighted by Gasteiger charge is -2.15. The van der Waals surface area contributed by atoms with Gasteiger partial charge in [0, 0.05) is 18.8 Å². The van der Waals surface area contributed by atoms with Gasteiger partial charge in [-0.25, -0.2) is 0 Å². The molecule has 2 heteroatoms. The minimum atomic E-state index is 0.0798. The van der Waals surface area contributed by atoms with Crippen LogP contribution in [0.5, 0.6) is 0 Å². The molecule has 0 aromatic heterocycles. The second-order valence-electron chi connectivity index (χ2n) is 3.34. The molecule has 0 unspecified atom stereocenters. The third kappa shape index (κ3) is 1.22. The van der Waals surface area contributed by atoms with Gasteiger partial charge in [0.1, 0.15) is 6.29 Å². The first kappa shape index (κ1) is 8.30. The molecule has 13 heavy (non-hydrogen) atoms. The normalized spacial score (nSPS) is 20.1. The van der Waals surface area contributed by atoms with Crippen molar-refractivity contribution in [3.63, 3.8) is 0 Å². The molecule has 2 rings (SSSR count). The SMILES string of the molecule is CCN1C[C@@H](C=O)c2ccccc21. The van der Waals surface area contributed by atoms with Crippen molar-refractivity contribution in [1.82, 2.24) is 0 Å². The van der Waals surface area contributed by atoms with Gasteiger partial charge >= 0.3 is 0 Å². The molecule has 0 saturated heterocycles. The van der Waals surface area contributed by atoms with Gasteiger partial charge in [-0.2, -0.15) is 0 Å². The van der Waals surface area contributed by atoms with Crippen molar-refractivity contribution in [3.05, 3.63) is 29.8 Å². The molecule has 0 aliphatic carbocycles. The Balaban J connectivity index is 2.43. The van der Waals surface area contributed by atoms with Crippen LogP contribution in [0.15, 0.2) is 24.3 Å². The Morgan fingerprint density at radius 2 is 2.31 bits per heavy atom. The van der Waals surface area contributed by atoms with Crippen molar-refractivity contribution in [2.24, 2.45) is 0 Å². The van der Waals surface area contributed by atoms with Gasteiger partial charge < -0.3 is 9.69 Å². The molecule has 0 radical (unpaired) electrons. The van der Waals surface area contributed by atoms with Crippen LogP contribution < -0.4 is 4.90 Å². The lowest BCUT2D eigenvalue weighted by Crippen LogP contribution is -2.21. The molecule has 1 aliphatic rings. The summed E-state index contributed by atoms with van der Waals surface area (Å²) in [6.07, 6.45) is 1.05. The predicted octanol–water partition coefficient (Wildman–Crippen LogP) is 1.81. The van der Waals surface area contributed by atoms with Gasteiger partial charge in [-0.1, -0.05) is 18.2 Å². The second-order valence-corrected chi connectivity index (χ2v) is 3.34. The number of rotatable bonds is 2. The maximum atomic E-state index is 10.8. The molecule has 0 amide bonds. The molecule has 2 nitrogen and oxygen atoms in total. The number of fused-ring (bicyclic) bond motifs is 1. The lowest BCUT2D eigenvalue weighted by molar-refractivity contribution is -0.108. The Kier molecular flexibility index (Phi) is 2.05. The third-order valence-corrected chi connectivity index (χ3v) is 2.64. The number of hydrogen-bond donors (Lipinski definition) is 0. The van der Waals surface area contributed by atoms with E-state index in [2.05, 4.69) is 17.9 Å². The van der Waals surface area contributed by atoms with Gasteiger partial charge in [-0.05, 0) is 18.6 Å². The van der Waals surface area contributed by atoms with Crippen LogP contribution in [-0.2, 0) is 4.79 Å². The largest absolute Gasteiger partial charge is 0.371 e. The van der Waals surface area contributed by atoms with Gasteiger partial charge in [-0.3, -0.25) is 0 Å². The summed E-state index contributed by atoms with van der Waals surface area (Å²) in [5.74, 6) is 0.0798. The van der Waals surface area contributed by atoms with Crippen molar-refractivity contribution in [1.29, 1.82) is 0 Å². The number of aldehydes is 1. The van der Waals surface area contributed by atoms with Crippen LogP contribution >= 0.6 is 0 Å². The molecule has 0 spiro atoms. The summed E-state index contributed by atoms with van der Waals surface area (Å²) in [5.41, 5.74) is 2.40. The van der Waals surface area contributed by atoms with Crippen LogP contribution in [0.25, 0.3) is 0 Å². The quantitative estimate of drug-likeness (QED) is 0.639. The van der Waals surface area contributed by atoms with E-state index in [1.807, 2.05) is 18.2 Å². The first-order valence-corrected chi connectivity index (χ1v) is 4.66. The summed E-state index contributed by atoms with van der Waals surface area (Å²) in [6.45, 7) is 3.94. The van der Waals surface area contributed by atoms with E-state index in [0.717, 1.165) is 19.4 Å². The summed E-state index contributed by atoms with van der Waals surface area (Å²) in [7, 11) is 0. The van der Waals surface area contributed by atoms with Crippen LogP contribution in [0.1, 0.15) is 18.4 Å². The molecule has 68 valence electrons. The molecule has 1 aromatic carbocycles. The summed E-state index contributed by atoms with van der Waals surface area (Å²) in [6, 6.07) is 8.15. The fraction of sp³-hybridized carbons (Fsp3) is 0.364. The van der Waals surface area contributed by atoms with Gasteiger partial charge in [0.15, 0.2) is 0 Å². The van der Waals surface area contributed by atoms with Crippen molar-refractivity contribution in [3.8, 4) is 0 Å². The highest BCUT2D eigenvalue weighted by Crippen LogP contribution is 2.34. The molecule has 1 aromatic rings. The van der Waals surface area contributed by atoms with E-state index in [-0.39, 0.29) is 5.92 Å². The number of hydrogen-bond acceptors (Lipinski definition) is 2. The number of carbonyl (C=O) groups excluding carboxylic acids is 1. The van der Waals surface area contributed by atoms with E-state index < -0.39 is 0 Å². The minimum absolute atomic E-state index is 0.0798. The van der Waals surface area contributed by atoms with Crippen molar-refractivity contribution >= 4 is 12.0 Å². The van der Waals surface area contributed by atoms with E-state index in [4.69, 9.17) is 0 Å². The molecule has 1 aliphatic heterocycles. The highest BCUT2D eigenvalue weighted by molar-refractivity contribution is 5.74. The van der Waals surface area contributed by atoms with Crippen LogP contribution in [0.3, 0.4) is 0 Å². The topological polar surface area (TPSA) is 20.3 Å². The summed E-state index contributed by atoms with van der Waals surface area (Å²) < 4.78 is 0. The first-order valence-electron chi connectivity index (χ1n) is 4.66. The molecule has 0 fully saturated rings. The smallest absolute Gasteiger partial charge is 0.129 e. The molecule has 1 atom stereocenters. The zero-order valence-corrected chi connectivity index (χ0v) is 7.73. The highest BCUT2D eigenvalue weighted by Gasteiger charge is 2.26. The van der Waals surface area contributed by atoms with E-state index in [9.17, 15) is 4.79 Å². The molecule has 0 bridgehead atoms. The van der Waals surface area contributed by atoms with Gasteiger partial charge in [0.25, 0.3) is 0 Å². The number of anilines is 1. The Bertz CT molecular complexity index is 322. The number of para-hydroxylation sites is 1. The summed E-state index contributed by atoms with van der Waals surface area (Å²) in [5, 5.41) is 0. The van der Waals surface area contributed by atoms with Crippen molar-refractivity contribution in [2.75, 3.05) is 18.0 Å². The maximum absolute atomic E-state index is 10.8. The number of carbonyl (C=O) groups is 1. The number of nitrogens with zero attached hydrogens (tertiary/aromatic N) is 1. The summed E-state index contributed by atoms with van der Waals surface area (Å²) >= 11 is 0.